The van der Waals surface area contributed by atoms with E-state index in [1.54, 1.807) is 0 Å². The second-order valence-electron chi connectivity index (χ2n) is 7.67. The van der Waals surface area contributed by atoms with Gasteiger partial charge in [0.25, 0.3) is 0 Å². The first-order chi connectivity index (χ1) is 13.0. The molecule has 142 valence electrons. The Morgan fingerprint density at radius 2 is 2.15 bits per heavy atom. The second-order valence-corrected chi connectivity index (χ2v) is 8.53. The zero-order valence-corrected chi connectivity index (χ0v) is 16.1. The second kappa shape index (κ2) is 7.05. The molecule has 1 aliphatic carbocycles. The van der Waals surface area contributed by atoms with E-state index < -0.39 is 11.4 Å². The van der Waals surface area contributed by atoms with E-state index in [0.717, 1.165) is 30.5 Å². The number of carboxylic acids is 1. The van der Waals surface area contributed by atoms with Crippen molar-refractivity contribution in [3.05, 3.63) is 35.2 Å². The smallest absolute Gasteiger partial charge is 0.311 e. The lowest BCUT2D eigenvalue weighted by molar-refractivity contribution is -0.149. The highest BCUT2D eigenvalue weighted by molar-refractivity contribution is 7.14. The lowest BCUT2D eigenvalue weighted by Crippen LogP contribution is -2.37. The number of aryl methyl sites for hydroxylation is 1. The quantitative estimate of drug-likeness (QED) is 0.826. The summed E-state index contributed by atoms with van der Waals surface area (Å²) in [6, 6.07) is 8.11. The SMILES string of the molecule is Cc1ccc(-c2csc(NC(=O)CN3C[C@@H]4CCC[C@@]4(C(=O)O)C3)n2)cc1. The molecule has 1 amide bonds. The number of benzene rings is 1. The van der Waals surface area contributed by atoms with Gasteiger partial charge in [-0.15, -0.1) is 11.3 Å². The molecule has 7 heteroatoms. The molecule has 0 unspecified atom stereocenters. The van der Waals surface area contributed by atoms with E-state index in [1.807, 2.05) is 41.5 Å². The molecule has 27 heavy (non-hydrogen) atoms. The Kier molecular flexibility index (Phi) is 4.74. The van der Waals surface area contributed by atoms with Gasteiger partial charge >= 0.3 is 5.97 Å². The molecule has 2 atom stereocenters. The molecule has 1 aliphatic heterocycles. The van der Waals surface area contributed by atoms with Gasteiger partial charge in [-0.1, -0.05) is 36.2 Å². The van der Waals surface area contributed by atoms with Gasteiger partial charge in [-0.25, -0.2) is 4.98 Å². The molecule has 2 heterocycles. The number of aliphatic carboxylic acids is 1. The van der Waals surface area contributed by atoms with Crippen molar-refractivity contribution in [2.45, 2.75) is 26.2 Å². The monoisotopic (exact) mass is 385 g/mol. The molecule has 2 aromatic rings. The van der Waals surface area contributed by atoms with Gasteiger partial charge < -0.3 is 10.4 Å². The van der Waals surface area contributed by atoms with Crippen LogP contribution in [0.1, 0.15) is 24.8 Å². The van der Waals surface area contributed by atoms with Crippen LogP contribution in [0.25, 0.3) is 11.3 Å². The first-order valence-electron chi connectivity index (χ1n) is 9.24. The van der Waals surface area contributed by atoms with E-state index in [0.29, 0.717) is 18.2 Å². The van der Waals surface area contributed by atoms with Crippen LogP contribution in [0.3, 0.4) is 0 Å². The lowest BCUT2D eigenvalue weighted by atomic mass is 9.81. The Hall–Kier alpha value is -2.25. The summed E-state index contributed by atoms with van der Waals surface area (Å²) in [5.41, 5.74) is 2.40. The van der Waals surface area contributed by atoms with Gasteiger partial charge in [-0.3, -0.25) is 14.5 Å². The molecule has 1 aromatic carbocycles. The number of carbonyl (C=O) groups excluding carboxylic acids is 1. The molecule has 1 saturated carbocycles. The maximum Gasteiger partial charge on any atom is 0.311 e. The molecule has 4 rings (SSSR count). The van der Waals surface area contributed by atoms with E-state index in [2.05, 4.69) is 10.3 Å². The average Bonchev–Trinajstić information content (AvgIpc) is 3.30. The molecule has 2 aliphatic rings. The van der Waals surface area contributed by atoms with Crippen molar-refractivity contribution in [2.24, 2.45) is 11.3 Å². The minimum atomic E-state index is -0.712. The standard InChI is InChI=1S/C20H23N3O3S/c1-13-4-6-14(7-5-13)16-11-27-19(21-16)22-17(24)10-23-9-15-3-2-8-20(15,12-23)18(25)26/h4-7,11,15H,2-3,8-10,12H2,1H3,(H,25,26)(H,21,22,24)/t15-,20+/m0/s1. The molecule has 6 nitrogen and oxygen atoms in total. The van der Waals surface area contributed by atoms with Crippen LogP contribution in [-0.2, 0) is 9.59 Å². The van der Waals surface area contributed by atoms with Crippen molar-refractivity contribution >= 4 is 28.3 Å². The maximum absolute atomic E-state index is 12.4. The predicted octanol–water partition coefficient (Wildman–Crippen LogP) is 3.24. The third-order valence-corrected chi connectivity index (χ3v) is 6.59. The van der Waals surface area contributed by atoms with Gasteiger partial charge in [0.1, 0.15) is 0 Å². The van der Waals surface area contributed by atoms with E-state index in [9.17, 15) is 14.7 Å². The summed E-state index contributed by atoms with van der Waals surface area (Å²) in [6.45, 7) is 3.40. The molecule has 0 bridgehead atoms. The Labute approximate surface area is 162 Å². The summed E-state index contributed by atoms with van der Waals surface area (Å²) in [5.74, 6) is -0.688. The zero-order chi connectivity index (χ0) is 19.0. The highest BCUT2D eigenvalue weighted by atomic mass is 32.1. The number of anilines is 1. The highest BCUT2D eigenvalue weighted by Gasteiger charge is 2.54. The Balaban J connectivity index is 1.37. The molecule has 2 N–H and O–H groups in total. The van der Waals surface area contributed by atoms with Crippen LogP contribution in [-0.4, -0.2) is 46.5 Å². The number of hydrogen-bond acceptors (Lipinski definition) is 5. The van der Waals surface area contributed by atoms with Crippen LogP contribution in [0.2, 0.25) is 0 Å². The van der Waals surface area contributed by atoms with Gasteiger partial charge in [0.2, 0.25) is 5.91 Å². The number of carbonyl (C=O) groups is 2. The average molecular weight is 385 g/mol. The molecule has 0 radical (unpaired) electrons. The van der Waals surface area contributed by atoms with Gasteiger partial charge in [-0.05, 0) is 25.7 Å². The third kappa shape index (κ3) is 3.49. The highest BCUT2D eigenvalue weighted by Crippen LogP contribution is 2.48. The van der Waals surface area contributed by atoms with Crippen LogP contribution in [0.5, 0.6) is 0 Å². The van der Waals surface area contributed by atoms with Crippen molar-refractivity contribution in [3.63, 3.8) is 0 Å². The number of hydrogen-bond donors (Lipinski definition) is 2. The van der Waals surface area contributed by atoms with Crippen LogP contribution in [0.15, 0.2) is 29.6 Å². The van der Waals surface area contributed by atoms with Crippen LogP contribution in [0, 0.1) is 18.3 Å². The number of nitrogens with one attached hydrogen (secondary N) is 1. The predicted molar refractivity (Wildman–Crippen MR) is 105 cm³/mol. The number of aromatic nitrogens is 1. The van der Waals surface area contributed by atoms with Crippen LogP contribution < -0.4 is 5.32 Å². The summed E-state index contributed by atoms with van der Waals surface area (Å²) in [5, 5.41) is 15.0. The fourth-order valence-corrected chi connectivity index (χ4v) is 5.15. The molecular weight excluding hydrogens is 362 g/mol. The van der Waals surface area contributed by atoms with E-state index in [-0.39, 0.29) is 18.4 Å². The van der Waals surface area contributed by atoms with E-state index >= 15 is 0 Å². The number of likely N-dealkylation sites (tertiary alicyclic amines) is 1. The number of rotatable bonds is 5. The van der Waals surface area contributed by atoms with Crippen molar-refractivity contribution < 1.29 is 14.7 Å². The number of fused-ring (bicyclic) bond motifs is 1. The van der Waals surface area contributed by atoms with E-state index in [1.165, 1.54) is 16.9 Å². The summed E-state index contributed by atoms with van der Waals surface area (Å²) >= 11 is 1.40. The first kappa shape index (κ1) is 18.1. The largest absolute Gasteiger partial charge is 0.481 e. The summed E-state index contributed by atoms with van der Waals surface area (Å²) in [4.78, 5) is 30.6. The van der Waals surface area contributed by atoms with Crippen LogP contribution >= 0.6 is 11.3 Å². The Morgan fingerprint density at radius 1 is 1.37 bits per heavy atom. The summed E-state index contributed by atoms with van der Waals surface area (Å²) < 4.78 is 0. The topological polar surface area (TPSA) is 82.5 Å². The number of amides is 1. The minimum Gasteiger partial charge on any atom is -0.481 e. The molecule has 2 fully saturated rings. The Morgan fingerprint density at radius 3 is 2.85 bits per heavy atom. The number of nitrogens with zero attached hydrogens (tertiary/aromatic N) is 2. The first-order valence-corrected chi connectivity index (χ1v) is 10.1. The fraction of sp³-hybridized carbons (Fsp3) is 0.450. The fourth-order valence-electron chi connectivity index (χ4n) is 4.41. The molecule has 0 spiro atoms. The molecule has 1 saturated heterocycles. The van der Waals surface area contributed by atoms with Gasteiger partial charge in [0.05, 0.1) is 17.7 Å². The third-order valence-electron chi connectivity index (χ3n) is 5.83. The van der Waals surface area contributed by atoms with Gasteiger partial charge in [0.15, 0.2) is 5.13 Å². The van der Waals surface area contributed by atoms with Crippen molar-refractivity contribution in [1.29, 1.82) is 0 Å². The van der Waals surface area contributed by atoms with Gasteiger partial charge in [0, 0.05) is 24.0 Å². The van der Waals surface area contributed by atoms with Crippen molar-refractivity contribution in [1.82, 2.24) is 9.88 Å². The minimum absolute atomic E-state index is 0.139. The van der Waals surface area contributed by atoms with Crippen molar-refractivity contribution in [3.8, 4) is 11.3 Å². The van der Waals surface area contributed by atoms with Gasteiger partial charge in [-0.2, -0.15) is 0 Å². The number of carboxylic acid groups (broad SMARTS) is 1. The summed E-state index contributed by atoms with van der Waals surface area (Å²) in [6.07, 6.45) is 2.63. The van der Waals surface area contributed by atoms with Crippen molar-refractivity contribution in [2.75, 3.05) is 25.0 Å². The van der Waals surface area contributed by atoms with Crippen LogP contribution in [0.4, 0.5) is 5.13 Å². The van der Waals surface area contributed by atoms with E-state index in [4.69, 9.17) is 0 Å². The molecular formula is C20H23N3O3S. The normalized spacial score (nSPS) is 24.7. The molecule has 1 aromatic heterocycles. The maximum atomic E-state index is 12.4. The Bertz CT molecular complexity index is 864. The summed E-state index contributed by atoms with van der Waals surface area (Å²) in [7, 11) is 0. The zero-order valence-electron chi connectivity index (χ0n) is 15.3. The lowest BCUT2D eigenvalue weighted by Gasteiger charge is -2.23. The number of thiazole rings is 1.